The highest BCUT2D eigenvalue weighted by Gasteiger charge is 2.72. The lowest BCUT2D eigenvalue weighted by Crippen LogP contribution is -2.54. The minimum atomic E-state index is -5.92. The average molecular weight is 258 g/mol. The Morgan fingerprint density at radius 2 is 1.53 bits per heavy atom. The predicted molar refractivity (Wildman–Crippen MR) is 44.7 cm³/mol. The summed E-state index contributed by atoms with van der Waals surface area (Å²) in [4.78, 5) is 2.91. The molecule has 1 radical (unpaired) electrons. The van der Waals surface area contributed by atoms with E-state index in [1.54, 1.807) is 0 Å². The third-order valence-electron chi connectivity index (χ3n) is 2.02. The summed E-state index contributed by atoms with van der Waals surface area (Å²) in [6.45, 7) is 3.17. The summed E-state index contributed by atoms with van der Waals surface area (Å²) in [6, 6.07) is 1.54. The van der Waals surface area contributed by atoms with Crippen LogP contribution >= 0.6 is 0 Å². The Balaban J connectivity index is 3.46. The number of halogens is 6. The van der Waals surface area contributed by atoms with Crippen LogP contribution in [-0.4, -0.2) is 22.4 Å². The summed E-state index contributed by atoms with van der Waals surface area (Å²) in [5, 5.41) is 8.94. The van der Waals surface area contributed by atoms with Gasteiger partial charge in [-0.1, -0.05) is 0 Å². The van der Waals surface area contributed by atoms with Crippen molar-refractivity contribution in [1.82, 2.24) is 4.98 Å². The molecule has 8 heteroatoms. The zero-order chi connectivity index (χ0) is 13.5. The fourth-order valence-corrected chi connectivity index (χ4v) is 1.12. The molecule has 0 saturated heterocycles. The minimum absolute atomic E-state index is 0.123. The summed E-state index contributed by atoms with van der Waals surface area (Å²) in [5.74, 6) is 0. The molecule has 0 fully saturated rings. The summed E-state index contributed by atoms with van der Waals surface area (Å²) in [7, 11) is 0. The van der Waals surface area contributed by atoms with Crippen LogP contribution in [0.25, 0.3) is 0 Å². The van der Waals surface area contributed by atoms with E-state index in [0.29, 0.717) is 12.3 Å². The molecule has 1 heterocycles. The Morgan fingerprint density at radius 3 is 1.88 bits per heavy atom. The molecule has 1 rings (SSSR count). The minimum Gasteiger partial charge on any atom is -0.368 e. The lowest BCUT2D eigenvalue weighted by Gasteiger charge is -2.31. The Bertz CT molecular complexity index is 397. The molecule has 0 aliphatic heterocycles. The maximum absolute atomic E-state index is 12.4. The van der Waals surface area contributed by atoms with Crippen molar-refractivity contribution in [2.75, 3.05) is 0 Å². The third-order valence-corrected chi connectivity index (χ3v) is 2.02. The van der Waals surface area contributed by atoms with Crippen molar-refractivity contribution >= 4 is 0 Å². The van der Waals surface area contributed by atoms with Gasteiger partial charge in [-0.15, -0.1) is 0 Å². The first-order valence-electron chi connectivity index (χ1n) is 4.14. The van der Waals surface area contributed by atoms with Crippen molar-refractivity contribution in [2.24, 2.45) is 0 Å². The summed E-state index contributed by atoms with van der Waals surface area (Å²) < 4.78 is 74.3. The number of hydrogen-bond donors (Lipinski definition) is 1. The van der Waals surface area contributed by atoms with E-state index in [4.69, 9.17) is 5.11 Å². The van der Waals surface area contributed by atoms with E-state index < -0.39 is 23.6 Å². The molecule has 1 aromatic rings. The van der Waals surface area contributed by atoms with Crippen LogP contribution in [0.2, 0.25) is 0 Å². The molecule has 1 aromatic heterocycles. The highest BCUT2D eigenvalue weighted by atomic mass is 19.4. The average Bonchev–Trinajstić information content (AvgIpc) is 2.12. The zero-order valence-electron chi connectivity index (χ0n) is 8.10. The van der Waals surface area contributed by atoms with Gasteiger partial charge in [0.1, 0.15) is 0 Å². The molecule has 2 nitrogen and oxygen atoms in total. The number of aliphatic hydroxyl groups is 1. The van der Waals surface area contributed by atoms with E-state index in [-0.39, 0.29) is 5.56 Å². The van der Waals surface area contributed by atoms with Crippen LogP contribution in [0, 0.1) is 6.92 Å². The molecular weight excluding hydrogens is 252 g/mol. The molecule has 0 amide bonds. The van der Waals surface area contributed by atoms with Crippen LogP contribution in [0.4, 0.5) is 26.3 Å². The van der Waals surface area contributed by atoms with Gasteiger partial charge in [0, 0.05) is 6.20 Å². The summed E-state index contributed by atoms with van der Waals surface area (Å²) in [6.07, 6.45) is -11.1. The van der Waals surface area contributed by atoms with Crippen LogP contribution in [0.15, 0.2) is 18.3 Å². The molecule has 0 spiro atoms. The lowest BCUT2D eigenvalue weighted by molar-refractivity contribution is -0.377. The standard InChI is InChI=1S/C9H6F6NO/c1-5-2-3-16-6(4-5)7(17,8(10,11)12)9(13,14)15/h2-4,17H,1H2. The molecular formula is C9H6F6NO. The SMILES string of the molecule is [CH2]c1ccnc(C(O)(C(F)(F)F)C(F)(F)F)c1. The van der Waals surface area contributed by atoms with Gasteiger partial charge < -0.3 is 5.11 Å². The molecule has 0 aliphatic rings. The van der Waals surface area contributed by atoms with Gasteiger partial charge in [0.25, 0.3) is 5.60 Å². The Morgan fingerprint density at radius 1 is 1.06 bits per heavy atom. The van der Waals surface area contributed by atoms with E-state index in [1.165, 1.54) is 0 Å². The largest absolute Gasteiger partial charge is 0.432 e. The lowest BCUT2D eigenvalue weighted by atomic mass is 9.96. The van der Waals surface area contributed by atoms with E-state index in [0.717, 1.165) is 6.07 Å². The topological polar surface area (TPSA) is 33.1 Å². The number of nitrogens with zero attached hydrogens (tertiary/aromatic N) is 1. The summed E-state index contributed by atoms with van der Waals surface area (Å²) >= 11 is 0. The number of rotatable bonds is 1. The van der Waals surface area contributed by atoms with E-state index in [9.17, 15) is 26.3 Å². The molecule has 0 saturated carbocycles. The van der Waals surface area contributed by atoms with Gasteiger partial charge in [-0.25, -0.2) is 0 Å². The van der Waals surface area contributed by atoms with Crippen molar-refractivity contribution in [3.8, 4) is 0 Å². The highest BCUT2D eigenvalue weighted by Crippen LogP contribution is 2.49. The Hall–Kier alpha value is -1.31. The van der Waals surface area contributed by atoms with Crippen molar-refractivity contribution < 1.29 is 31.4 Å². The first kappa shape index (κ1) is 13.8. The predicted octanol–water partition coefficient (Wildman–Crippen LogP) is 2.58. The molecule has 17 heavy (non-hydrogen) atoms. The van der Waals surface area contributed by atoms with E-state index >= 15 is 0 Å². The smallest absolute Gasteiger partial charge is 0.368 e. The first-order chi connectivity index (χ1) is 7.50. The molecule has 0 aromatic carbocycles. The van der Waals surface area contributed by atoms with Crippen molar-refractivity contribution in [2.45, 2.75) is 18.0 Å². The molecule has 95 valence electrons. The fourth-order valence-electron chi connectivity index (χ4n) is 1.12. The monoisotopic (exact) mass is 258 g/mol. The number of pyridine rings is 1. The number of alkyl halides is 6. The second kappa shape index (κ2) is 3.86. The van der Waals surface area contributed by atoms with Gasteiger partial charge in [-0.2, -0.15) is 26.3 Å². The first-order valence-corrected chi connectivity index (χ1v) is 4.14. The van der Waals surface area contributed by atoms with E-state index in [1.807, 2.05) is 0 Å². The van der Waals surface area contributed by atoms with Crippen molar-refractivity contribution in [3.05, 3.63) is 36.5 Å². The molecule has 0 aliphatic carbocycles. The van der Waals surface area contributed by atoms with Crippen LogP contribution in [0.3, 0.4) is 0 Å². The van der Waals surface area contributed by atoms with Gasteiger partial charge in [-0.3, -0.25) is 4.98 Å². The van der Waals surface area contributed by atoms with Crippen molar-refractivity contribution in [1.29, 1.82) is 0 Å². The van der Waals surface area contributed by atoms with Crippen LogP contribution < -0.4 is 0 Å². The number of hydrogen-bond acceptors (Lipinski definition) is 2. The Labute approximate surface area is 91.9 Å². The van der Waals surface area contributed by atoms with Gasteiger partial charge in [0.15, 0.2) is 0 Å². The van der Waals surface area contributed by atoms with Gasteiger partial charge >= 0.3 is 12.4 Å². The normalized spacial score (nSPS) is 13.9. The second-order valence-electron chi connectivity index (χ2n) is 3.26. The van der Waals surface area contributed by atoms with Crippen LogP contribution in [-0.2, 0) is 5.60 Å². The summed E-state index contributed by atoms with van der Waals surface area (Å²) in [5.41, 5.74) is -6.67. The Kier molecular flexibility index (Phi) is 3.13. The van der Waals surface area contributed by atoms with Gasteiger partial charge in [-0.05, 0) is 24.6 Å². The fraction of sp³-hybridized carbons (Fsp3) is 0.333. The van der Waals surface area contributed by atoms with Gasteiger partial charge in [0.2, 0.25) is 0 Å². The van der Waals surface area contributed by atoms with Crippen LogP contribution in [0.5, 0.6) is 0 Å². The van der Waals surface area contributed by atoms with Gasteiger partial charge in [0.05, 0.1) is 5.69 Å². The van der Waals surface area contributed by atoms with Crippen molar-refractivity contribution in [3.63, 3.8) is 0 Å². The van der Waals surface area contributed by atoms with E-state index in [2.05, 4.69) is 11.9 Å². The van der Waals surface area contributed by atoms with Crippen LogP contribution in [0.1, 0.15) is 11.3 Å². The highest BCUT2D eigenvalue weighted by molar-refractivity contribution is 5.25. The number of aromatic nitrogens is 1. The maximum Gasteiger partial charge on any atom is 0.432 e. The zero-order valence-corrected chi connectivity index (χ0v) is 8.10. The quantitative estimate of drug-likeness (QED) is 0.785. The maximum atomic E-state index is 12.4. The molecule has 1 N–H and O–H groups in total. The molecule has 0 unspecified atom stereocenters. The third kappa shape index (κ3) is 2.21. The second-order valence-corrected chi connectivity index (χ2v) is 3.26. The molecule has 0 atom stereocenters. The molecule has 0 bridgehead atoms.